The second-order valence-corrected chi connectivity index (χ2v) is 8.05. The van der Waals surface area contributed by atoms with Crippen molar-refractivity contribution in [2.45, 2.75) is 32.3 Å². The summed E-state index contributed by atoms with van der Waals surface area (Å²) in [6.07, 6.45) is 2.39. The van der Waals surface area contributed by atoms with Gasteiger partial charge in [0.25, 0.3) is 0 Å². The van der Waals surface area contributed by atoms with Crippen LogP contribution in [-0.2, 0) is 10.3 Å². The van der Waals surface area contributed by atoms with Gasteiger partial charge in [0.05, 0.1) is 13.2 Å². The number of hydrogen-bond donors (Lipinski definition) is 3. The van der Waals surface area contributed by atoms with Gasteiger partial charge in [-0.3, -0.25) is 0 Å². The van der Waals surface area contributed by atoms with Crippen molar-refractivity contribution in [1.29, 1.82) is 0 Å². The van der Waals surface area contributed by atoms with E-state index in [0.29, 0.717) is 12.5 Å². The first-order chi connectivity index (χ1) is 12.5. The number of nitrogens with zero attached hydrogens (tertiary/aromatic N) is 2. The molecule has 0 spiro atoms. The molecule has 1 fully saturated rings. The standard InChI is InChI=1S/C19H34N4O2S/c1-4-20-18(22-15-19(2,24)17-6-5-13-26-17)21-14-16-7-9-23(10-8-16)11-12-25-3/h5-6,13,16,24H,4,7-12,14-15H2,1-3H3,(H2,20,21,22). The summed E-state index contributed by atoms with van der Waals surface area (Å²) < 4.78 is 5.16. The highest BCUT2D eigenvalue weighted by Gasteiger charge is 2.24. The van der Waals surface area contributed by atoms with E-state index >= 15 is 0 Å². The van der Waals surface area contributed by atoms with Crippen LogP contribution in [0.2, 0.25) is 0 Å². The van der Waals surface area contributed by atoms with Crippen molar-refractivity contribution in [3.8, 4) is 0 Å². The Hall–Kier alpha value is -1.15. The Bertz CT molecular complexity index is 526. The van der Waals surface area contributed by atoms with Gasteiger partial charge >= 0.3 is 0 Å². The van der Waals surface area contributed by atoms with E-state index in [-0.39, 0.29) is 0 Å². The Morgan fingerprint density at radius 3 is 2.81 bits per heavy atom. The number of methoxy groups -OCH3 is 1. The molecule has 3 N–H and O–H groups in total. The van der Waals surface area contributed by atoms with Gasteiger partial charge in [-0.1, -0.05) is 6.07 Å². The SMILES string of the molecule is CCNC(=NCC(C)(O)c1cccs1)NCC1CCN(CCOC)CC1. The molecule has 26 heavy (non-hydrogen) atoms. The predicted octanol–water partition coefficient (Wildman–Crippen LogP) is 1.87. The molecule has 0 bridgehead atoms. The van der Waals surface area contributed by atoms with Gasteiger partial charge in [0.1, 0.15) is 5.60 Å². The van der Waals surface area contributed by atoms with Crippen molar-refractivity contribution in [2.75, 3.05) is 53.0 Å². The fourth-order valence-corrected chi connectivity index (χ4v) is 3.89. The number of likely N-dealkylation sites (tertiary alicyclic amines) is 1. The first kappa shape index (κ1) is 21.2. The summed E-state index contributed by atoms with van der Waals surface area (Å²) in [7, 11) is 1.76. The van der Waals surface area contributed by atoms with Crippen LogP contribution in [0.25, 0.3) is 0 Å². The maximum absolute atomic E-state index is 10.6. The minimum atomic E-state index is -0.927. The van der Waals surface area contributed by atoms with E-state index in [1.165, 1.54) is 12.8 Å². The Labute approximate surface area is 161 Å². The number of hydrogen-bond acceptors (Lipinski definition) is 5. The van der Waals surface area contributed by atoms with Crippen molar-refractivity contribution >= 4 is 17.3 Å². The highest BCUT2D eigenvalue weighted by molar-refractivity contribution is 7.10. The molecule has 1 aromatic heterocycles. The van der Waals surface area contributed by atoms with Gasteiger partial charge in [0.2, 0.25) is 0 Å². The molecule has 0 saturated carbocycles. The number of guanidine groups is 1. The molecular formula is C19H34N4O2S. The van der Waals surface area contributed by atoms with Crippen LogP contribution < -0.4 is 10.6 Å². The molecule has 1 aromatic rings. The van der Waals surface area contributed by atoms with Crippen LogP contribution in [0.1, 0.15) is 31.6 Å². The Kier molecular flexibility index (Phi) is 8.84. The highest BCUT2D eigenvalue weighted by Crippen LogP contribution is 2.25. The zero-order chi connectivity index (χ0) is 18.8. The fourth-order valence-electron chi connectivity index (χ4n) is 3.11. The van der Waals surface area contributed by atoms with Crippen molar-refractivity contribution in [3.05, 3.63) is 22.4 Å². The zero-order valence-electron chi connectivity index (χ0n) is 16.3. The van der Waals surface area contributed by atoms with Gasteiger partial charge in [-0.25, -0.2) is 4.99 Å². The summed E-state index contributed by atoms with van der Waals surface area (Å²) in [5, 5.41) is 19.4. The van der Waals surface area contributed by atoms with Crippen molar-refractivity contribution in [2.24, 2.45) is 10.9 Å². The number of nitrogens with one attached hydrogen (secondary N) is 2. The Morgan fingerprint density at radius 2 is 2.19 bits per heavy atom. The summed E-state index contributed by atoms with van der Waals surface area (Å²) in [6, 6.07) is 3.92. The molecule has 1 aliphatic heterocycles. The molecule has 0 radical (unpaired) electrons. The summed E-state index contributed by atoms with van der Waals surface area (Å²) in [4.78, 5) is 8.02. The lowest BCUT2D eigenvalue weighted by Gasteiger charge is -2.32. The average Bonchev–Trinajstić information content (AvgIpc) is 3.19. The fraction of sp³-hybridized carbons (Fsp3) is 0.737. The molecule has 0 aromatic carbocycles. The van der Waals surface area contributed by atoms with Crippen molar-refractivity contribution < 1.29 is 9.84 Å². The van der Waals surface area contributed by atoms with Gasteiger partial charge in [0.15, 0.2) is 5.96 Å². The quantitative estimate of drug-likeness (QED) is 0.449. The number of ether oxygens (including phenoxy) is 1. The third kappa shape index (κ3) is 6.87. The van der Waals surface area contributed by atoms with E-state index in [4.69, 9.17) is 4.74 Å². The lowest BCUT2D eigenvalue weighted by atomic mass is 9.97. The molecule has 6 nitrogen and oxygen atoms in total. The largest absolute Gasteiger partial charge is 0.383 e. The molecule has 2 heterocycles. The van der Waals surface area contributed by atoms with Gasteiger partial charge in [-0.15, -0.1) is 11.3 Å². The smallest absolute Gasteiger partial charge is 0.191 e. The van der Waals surface area contributed by atoms with E-state index in [0.717, 1.165) is 50.2 Å². The molecule has 1 unspecified atom stereocenters. The molecule has 1 saturated heterocycles. The average molecular weight is 383 g/mol. The number of rotatable bonds is 9. The normalized spacial score (nSPS) is 19.3. The van der Waals surface area contributed by atoms with Gasteiger partial charge < -0.3 is 25.4 Å². The van der Waals surface area contributed by atoms with Crippen LogP contribution in [-0.4, -0.2) is 69.0 Å². The lowest BCUT2D eigenvalue weighted by molar-refractivity contribution is 0.0711. The van der Waals surface area contributed by atoms with Gasteiger partial charge in [-0.2, -0.15) is 0 Å². The van der Waals surface area contributed by atoms with Crippen LogP contribution in [0.4, 0.5) is 0 Å². The van der Waals surface area contributed by atoms with E-state index in [9.17, 15) is 5.11 Å². The highest BCUT2D eigenvalue weighted by atomic mass is 32.1. The van der Waals surface area contributed by atoms with Crippen LogP contribution in [0, 0.1) is 5.92 Å². The first-order valence-electron chi connectivity index (χ1n) is 9.55. The Balaban J connectivity index is 1.79. The second kappa shape index (κ2) is 10.9. The number of piperidine rings is 1. The summed E-state index contributed by atoms with van der Waals surface area (Å²) >= 11 is 1.56. The second-order valence-electron chi connectivity index (χ2n) is 7.11. The van der Waals surface area contributed by atoms with E-state index in [2.05, 4.69) is 27.4 Å². The Morgan fingerprint density at radius 1 is 1.42 bits per heavy atom. The minimum absolute atomic E-state index is 0.346. The number of thiophene rings is 1. The third-order valence-electron chi connectivity index (χ3n) is 4.82. The predicted molar refractivity (Wildman–Crippen MR) is 109 cm³/mol. The number of aliphatic imine (C=N–C) groups is 1. The van der Waals surface area contributed by atoms with Crippen LogP contribution >= 0.6 is 11.3 Å². The van der Waals surface area contributed by atoms with Crippen LogP contribution in [0.3, 0.4) is 0 Å². The molecule has 2 rings (SSSR count). The molecule has 1 atom stereocenters. The topological polar surface area (TPSA) is 69.1 Å². The number of aliphatic hydroxyl groups is 1. The van der Waals surface area contributed by atoms with E-state index in [1.807, 2.05) is 24.4 Å². The van der Waals surface area contributed by atoms with Gasteiger partial charge in [-0.05, 0) is 57.1 Å². The van der Waals surface area contributed by atoms with Gasteiger partial charge in [0, 0.05) is 31.6 Å². The first-order valence-corrected chi connectivity index (χ1v) is 10.4. The molecule has 7 heteroatoms. The summed E-state index contributed by atoms with van der Waals surface area (Å²) in [5.74, 6) is 1.45. The van der Waals surface area contributed by atoms with Crippen molar-refractivity contribution in [1.82, 2.24) is 15.5 Å². The summed E-state index contributed by atoms with van der Waals surface area (Å²) in [6.45, 7) is 10.1. The molecular weight excluding hydrogens is 348 g/mol. The molecule has 0 aliphatic carbocycles. The van der Waals surface area contributed by atoms with Crippen LogP contribution in [0.15, 0.2) is 22.5 Å². The van der Waals surface area contributed by atoms with E-state index in [1.54, 1.807) is 18.4 Å². The van der Waals surface area contributed by atoms with Crippen LogP contribution in [0.5, 0.6) is 0 Å². The maximum atomic E-state index is 10.6. The molecule has 148 valence electrons. The maximum Gasteiger partial charge on any atom is 0.191 e. The molecule has 1 aliphatic rings. The lowest BCUT2D eigenvalue weighted by Crippen LogP contribution is -2.44. The molecule has 0 amide bonds. The summed E-state index contributed by atoms with van der Waals surface area (Å²) in [5.41, 5.74) is -0.927. The monoisotopic (exact) mass is 382 g/mol. The van der Waals surface area contributed by atoms with E-state index < -0.39 is 5.60 Å². The van der Waals surface area contributed by atoms with Crippen molar-refractivity contribution in [3.63, 3.8) is 0 Å². The zero-order valence-corrected chi connectivity index (χ0v) is 17.1. The third-order valence-corrected chi connectivity index (χ3v) is 5.94. The minimum Gasteiger partial charge on any atom is -0.383 e.